The standard InChI is InChI=1S/C28H22F2N2O6S2/c1-37-22-8-5-15(16-3-6-19(29)20(30)12-16)11-18(22)14-24-26(34)32(28(39)40-24)10-9-25(33)31-21-7-4-17(27(35)36)13-23(21)38-2/h3-8,11-14H,9-10H2,1-2H3,(H,31,33)(H,35,36)/b24-14-. The van der Waals surface area contributed by atoms with Crippen LogP contribution in [0.2, 0.25) is 0 Å². The molecule has 1 saturated heterocycles. The van der Waals surface area contributed by atoms with Crippen LogP contribution >= 0.6 is 24.0 Å². The number of carbonyl (C=O) groups is 3. The SMILES string of the molecule is COc1ccc(-c2ccc(F)c(F)c2)cc1/C=C1\SC(=S)N(CCC(=O)Nc2ccc(C(=O)O)cc2OC)C1=O. The zero-order chi connectivity index (χ0) is 29.0. The molecule has 0 radical (unpaired) electrons. The van der Waals surface area contributed by atoms with Gasteiger partial charge in [-0.15, -0.1) is 0 Å². The van der Waals surface area contributed by atoms with E-state index in [1.165, 1.54) is 43.4 Å². The number of rotatable bonds is 9. The molecule has 1 heterocycles. The largest absolute Gasteiger partial charge is 0.496 e. The number of halogens is 2. The molecule has 2 amide bonds. The van der Waals surface area contributed by atoms with E-state index in [0.717, 1.165) is 23.9 Å². The second-order valence-electron chi connectivity index (χ2n) is 8.44. The van der Waals surface area contributed by atoms with Gasteiger partial charge in [0.05, 0.1) is 30.4 Å². The number of carbonyl (C=O) groups excluding carboxylic acids is 2. The Kier molecular flexibility index (Phi) is 8.80. The summed E-state index contributed by atoms with van der Waals surface area (Å²) in [5.41, 5.74) is 1.86. The van der Waals surface area contributed by atoms with Crippen molar-refractivity contribution >= 4 is 57.8 Å². The van der Waals surface area contributed by atoms with Crippen molar-refractivity contribution in [3.05, 3.63) is 82.3 Å². The molecule has 2 N–H and O–H groups in total. The number of hydrogen-bond donors (Lipinski definition) is 2. The van der Waals surface area contributed by atoms with Crippen LogP contribution in [0.25, 0.3) is 17.2 Å². The lowest BCUT2D eigenvalue weighted by atomic mass is 10.0. The normalized spacial score (nSPS) is 14.0. The highest BCUT2D eigenvalue weighted by Gasteiger charge is 2.32. The molecular formula is C28H22F2N2O6S2. The van der Waals surface area contributed by atoms with Crippen molar-refractivity contribution in [1.82, 2.24) is 4.90 Å². The minimum atomic E-state index is -1.13. The van der Waals surface area contributed by atoms with Gasteiger partial charge >= 0.3 is 5.97 Å². The lowest BCUT2D eigenvalue weighted by molar-refractivity contribution is -0.122. The molecule has 0 unspecified atom stereocenters. The number of nitrogens with zero attached hydrogens (tertiary/aromatic N) is 1. The Morgan fingerprint density at radius 1 is 1.00 bits per heavy atom. The lowest BCUT2D eigenvalue weighted by Gasteiger charge is -2.15. The fraction of sp³-hybridized carbons (Fsp3) is 0.143. The van der Waals surface area contributed by atoms with Crippen LogP contribution in [0.15, 0.2) is 59.5 Å². The van der Waals surface area contributed by atoms with Gasteiger partial charge in [0.15, 0.2) is 11.6 Å². The molecule has 3 aromatic carbocycles. The van der Waals surface area contributed by atoms with Crippen LogP contribution in [0.5, 0.6) is 11.5 Å². The highest BCUT2D eigenvalue weighted by molar-refractivity contribution is 8.26. The van der Waals surface area contributed by atoms with Gasteiger partial charge in [0.2, 0.25) is 5.91 Å². The summed E-state index contributed by atoms with van der Waals surface area (Å²) in [6.07, 6.45) is 1.51. The molecule has 1 aliphatic heterocycles. The molecule has 0 atom stereocenters. The maximum atomic E-state index is 13.8. The number of benzene rings is 3. The van der Waals surface area contributed by atoms with E-state index in [0.29, 0.717) is 27.3 Å². The smallest absolute Gasteiger partial charge is 0.335 e. The molecule has 3 aromatic rings. The van der Waals surface area contributed by atoms with E-state index < -0.39 is 29.4 Å². The number of anilines is 1. The second kappa shape index (κ2) is 12.3. The third kappa shape index (κ3) is 6.29. The van der Waals surface area contributed by atoms with Crippen LogP contribution in [-0.2, 0) is 9.59 Å². The highest BCUT2D eigenvalue weighted by atomic mass is 32.2. The Hall–Kier alpha value is -4.29. The fourth-order valence-electron chi connectivity index (χ4n) is 3.89. The Morgan fingerprint density at radius 3 is 2.38 bits per heavy atom. The third-order valence-electron chi connectivity index (χ3n) is 5.93. The predicted octanol–water partition coefficient (Wildman–Crippen LogP) is 5.58. The van der Waals surface area contributed by atoms with Crippen molar-refractivity contribution < 1.29 is 37.7 Å². The quantitative estimate of drug-likeness (QED) is 0.248. The first-order chi connectivity index (χ1) is 19.1. The minimum Gasteiger partial charge on any atom is -0.496 e. The Balaban J connectivity index is 1.48. The van der Waals surface area contributed by atoms with E-state index in [9.17, 15) is 23.2 Å². The minimum absolute atomic E-state index is 0.00574. The summed E-state index contributed by atoms with van der Waals surface area (Å²) in [6, 6.07) is 12.7. The Labute approximate surface area is 237 Å². The fourth-order valence-corrected chi connectivity index (χ4v) is 5.19. The topological polar surface area (TPSA) is 105 Å². The average Bonchev–Trinajstić information content (AvgIpc) is 3.20. The van der Waals surface area contributed by atoms with Crippen LogP contribution in [-0.4, -0.2) is 52.9 Å². The number of nitrogens with one attached hydrogen (secondary N) is 1. The van der Waals surface area contributed by atoms with Gasteiger partial charge in [0, 0.05) is 18.5 Å². The summed E-state index contributed by atoms with van der Waals surface area (Å²) in [7, 11) is 2.82. The Morgan fingerprint density at radius 2 is 1.70 bits per heavy atom. The lowest BCUT2D eigenvalue weighted by Crippen LogP contribution is -2.31. The second-order valence-corrected chi connectivity index (χ2v) is 10.1. The maximum absolute atomic E-state index is 13.8. The number of thiocarbonyl (C=S) groups is 1. The van der Waals surface area contributed by atoms with E-state index >= 15 is 0 Å². The van der Waals surface area contributed by atoms with Crippen molar-refractivity contribution in [3.8, 4) is 22.6 Å². The number of aromatic carboxylic acids is 1. The molecule has 1 fully saturated rings. The van der Waals surface area contributed by atoms with Crippen LogP contribution in [0.4, 0.5) is 14.5 Å². The van der Waals surface area contributed by atoms with Gasteiger partial charge < -0.3 is 19.9 Å². The predicted molar refractivity (Wildman–Crippen MR) is 151 cm³/mol. The van der Waals surface area contributed by atoms with Crippen LogP contribution < -0.4 is 14.8 Å². The molecule has 8 nitrogen and oxygen atoms in total. The summed E-state index contributed by atoms with van der Waals surface area (Å²) in [4.78, 5) is 38.5. The number of carboxylic acids is 1. The van der Waals surface area contributed by atoms with E-state index in [4.69, 9.17) is 26.8 Å². The highest BCUT2D eigenvalue weighted by Crippen LogP contribution is 2.36. The van der Waals surface area contributed by atoms with Gasteiger partial charge in [-0.1, -0.05) is 36.1 Å². The van der Waals surface area contributed by atoms with Crippen molar-refractivity contribution in [2.75, 3.05) is 26.1 Å². The molecular weight excluding hydrogens is 562 g/mol. The van der Waals surface area contributed by atoms with Crippen molar-refractivity contribution in [3.63, 3.8) is 0 Å². The van der Waals surface area contributed by atoms with Crippen molar-refractivity contribution in [2.45, 2.75) is 6.42 Å². The Bertz CT molecular complexity index is 1560. The average molecular weight is 585 g/mol. The van der Waals surface area contributed by atoms with E-state index in [1.54, 1.807) is 24.3 Å². The van der Waals surface area contributed by atoms with Gasteiger partial charge in [0.1, 0.15) is 15.8 Å². The monoisotopic (exact) mass is 584 g/mol. The molecule has 0 spiro atoms. The third-order valence-corrected chi connectivity index (χ3v) is 7.31. The number of thioether (sulfide) groups is 1. The molecule has 0 aliphatic carbocycles. The first-order valence-electron chi connectivity index (χ1n) is 11.7. The van der Waals surface area contributed by atoms with Crippen molar-refractivity contribution in [2.24, 2.45) is 0 Å². The first kappa shape index (κ1) is 28.7. The van der Waals surface area contributed by atoms with Crippen LogP contribution in [0.1, 0.15) is 22.3 Å². The summed E-state index contributed by atoms with van der Waals surface area (Å²) in [5, 5.41) is 11.8. The molecule has 4 rings (SSSR count). The van der Waals surface area contributed by atoms with Gasteiger partial charge in [0.25, 0.3) is 5.91 Å². The molecule has 0 aromatic heterocycles. The van der Waals surface area contributed by atoms with Gasteiger partial charge in [-0.25, -0.2) is 13.6 Å². The van der Waals surface area contributed by atoms with Crippen molar-refractivity contribution in [1.29, 1.82) is 0 Å². The van der Waals surface area contributed by atoms with Gasteiger partial charge in [-0.05, 0) is 59.7 Å². The maximum Gasteiger partial charge on any atom is 0.335 e. The molecule has 12 heteroatoms. The number of carboxylic acid groups (broad SMARTS) is 1. The first-order valence-corrected chi connectivity index (χ1v) is 12.9. The molecule has 206 valence electrons. The molecule has 40 heavy (non-hydrogen) atoms. The van der Waals surface area contributed by atoms with Gasteiger partial charge in [-0.2, -0.15) is 0 Å². The number of ether oxygens (including phenoxy) is 2. The van der Waals surface area contributed by atoms with E-state index in [-0.39, 0.29) is 34.3 Å². The molecule has 1 aliphatic rings. The van der Waals surface area contributed by atoms with Gasteiger partial charge in [-0.3, -0.25) is 14.5 Å². The summed E-state index contributed by atoms with van der Waals surface area (Å²) < 4.78 is 38.0. The van der Waals surface area contributed by atoms with Crippen LogP contribution in [0, 0.1) is 11.6 Å². The number of amides is 2. The number of methoxy groups -OCH3 is 2. The summed E-state index contributed by atoms with van der Waals surface area (Å²) in [5.74, 6) is -3.25. The molecule has 0 bridgehead atoms. The van der Waals surface area contributed by atoms with E-state index in [2.05, 4.69) is 5.32 Å². The number of hydrogen-bond acceptors (Lipinski definition) is 7. The summed E-state index contributed by atoms with van der Waals surface area (Å²) >= 11 is 6.44. The zero-order valence-corrected chi connectivity index (χ0v) is 22.8. The molecule has 0 saturated carbocycles. The summed E-state index contributed by atoms with van der Waals surface area (Å²) in [6.45, 7) is 0.00932. The van der Waals surface area contributed by atoms with Crippen LogP contribution in [0.3, 0.4) is 0 Å². The van der Waals surface area contributed by atoms with E-state index in [1.807, 2.05) is 0 Å². The zero-order valence-electron chi connectivity index (χ0n) is 21.2.